The molecule has 54 heavy (non-hydrogen) atoms. The maximum atomic E-state index is 10.9. The second kappa shape index (κ2) is 25.8. The Kier molecular flexibility index (Phi) is 23.7. The van der Waals surface area contributed by atoms with Crippen LogP contribution in [0, 0.1) is 0 Å². The number of hydrogen-bond acceptors (Lipinski definition) is 12. The van der Waals surface area contributed by atoms with Crippen LogP contribution in [0.4, 0.5) is 5.69 Å². The molecule has 0 aliphatic heterocycles. The van der Waals surface area contributed by atoms with Gasteiger partial charge in [-0.3, -0.25) is 9.59 Å². The third-order valence-electron chi connectivity index (χ3n) is 8.56. The topological polar surface area (TPSA) is 120 Å². The van der Waals surface area contributed by atoms with Crippen LogP contribution in [0.3, 0.4) is 0 Å². The molecular weight excluding hydrogens is 694 g/mol. The van der Waals surface area contributed by atoms with Crippen LogP contribution in [0.5, 0.6) is 0 Å². The highest BCUT2D eigenvalue weighted by Gasteiger charge is 2.29. The summed E-state index contributed by atoms with van der Waals surface area (Å²) < 4.78 is 52.3. The Hall–Kier alpha value is -2.32. The van der Waals surface area contributed by atoms with Crippen molar-refractivity contribution in [3.05, 3.63) is 30.3 Å². The maximum absolute atomic E-state index is 10.9. The molecule has 0 aliphatic rings. The third-order valence-corrected chi connectivity index (χ3v) is 8.56. The monoisotopic (exact) mass is 770 g/mol. The Morgan fingerprint density at radius 1 is 0.537 bits per heavy atom. The molecule has 12 heteroatoms. The van der Waals surface area contributed by atoms with E-state index in [0.717, 1.165) is 44.5 Å². The van der Waals surface area contributed by atoms with Crippen molar-refractivity contribution >= 4 is 17.6 Å². The van der Waals surface area contributed by atoms with Gasteiger partial charge in [0.15, 0.2) is 0 Å². The van der Waals surface area contributed by atoms with Gasteiger partial charge in [-0.15, -0.1) is 0 Å². The summed E-state index contributed by atoms with van der Waals surface area (Å²) in [6, 6.07) is 10.4. The SMILES string of the molecule is CC(=O)OCCOCCOCCC(C)(C)OC(C)CC(C)(C)OCCN(CCOC(C)(C)CC(C)OC(C)(C)CCOCCOC(C)=O)c1ccccc1. The van der Waals surface area contributed by atoms with E-state index in [0.29, 0.717) is 52.9 Å². The van der Waals surface area contributed by atoms with Crippen molar-refractivity contribution in [3.63, 3.8) is 0 Å². The zero-order valence-electron chi connectivity index (χ0n) is 35.8. The van der Waals surface area contributed by atoms with Gasteiger partial charge in [-0.25, -0.2) is 0 Å². The van der Waals surface area contributed by atoms with Gasteiger partial charge in [0.1, 0.15) is 13.2 Å². The molecule has 0 bridgehead atoms. The highest BCUT2D eigenvalue weighted by atomic mass is 16.6. The number of para-hydroxylation sites is 1. The van der Waals surface area contributed by atoms with E-state index in [1.165, 1.54) is 13.8 Å². The summed E-state index contributed by atoms with van der Waals surface area (Å²) in [4.78, 5) is 24.0. The van der Waals surface area contributed by atoms with E-state index in [1.807, 2.05) is 6.07 Å². The number of anilines is 1. The van der Waals surface area contributed by atoms with Gasteiger partial charge in [0.25, 0.3) is 0 Å². The van der Waals surface area contributed by atoms with Crippen LogP contribution in [0.2, 0.25) is 0 Å². The molecule has 1 rings (SSSR count). The molecule has 0 saturated heterocycles. The van der Waals surface area contributed by atoms with Crippen molar-refractivity contribution in [1.82, 2.24) is 0 Å². The lowest BCUT2D eigenvalue weighted by molar-refractivity contribution is -0.143. The molecule has 0 fully saturated rings. The van der Waals surface area contributed by atoms with Crippen LogP contribution >= 0.6 is 0 Å². The van der Waals surface area contributed by atoms with Crippen LogP contribution in [0.1, 0.15) is 109 Å². The highest BCUT2D eigenvalue weighted by molar-refractivity contribution is 5.66. The second-order valence-electron chi connectivity index (χ2n) is 16.3. The van der Waals surface area contributed by atoms with Gasteiger partial charge in [-0.1, -0.05) is 18.2 Å². The van der Waals surface area contributed by atoms with Crippen molar-refractivity contribution in [3.8, 4) is 0 Å². The van der Waals surface area contributed by atoms with Crippen molar-refractivity contribution in [2.75, 3.05) is 84.1 Å². The molecule has 0 aromatic heterocycles. The Morgan fingerprint density at radius 2 is 0.907 bits per heavy atom. The van der Waals surface area contributed by atoms with Crippen LogP contribution in [0.15, 0.2) is 30.3 Å². The minimum Gasteiger partial charge on any atom is -0.463 e. The van der Waals surface area contributed by atoms with Crippen molar-refractivity contribution in [1.29, 1.82) is 0 Å². The van der Waals surface area contributed by atoms with Gasteiger partial charge in [0.05, 0.1) is 74.3 Å². The van der Waals surface area contributed by atoms with Gasteiger partial charge in [0, 0.05) is 58.7 Å². The van der Waals surface area contributed by atoms with E-state index in [1.54, 1.807) is 0 Å². The average Bonchev–Trinajstić information content (AvgIpc) is 3.03. The third kappa shape index (κ3) is 26.5. The molecule has 0 N–H and O–H groups in total. The first kappa shape index (κ1) is 49.7. The number of ether oxygens (including phenoxy) is 9. The fourth-order valence-corrected chi connectivity index (χ4v) is 6.21. The van der Waals surface area contributed by atoms with Gasteiger partial charge in [-0.05, 0) is 94.2 Å². The van der Waals surface area contributed by atoms with Crippen LogP contribution < -0.4 is 4.90 Å². The van der Waals surface area contributed by atoms with Gasteiger partial charge in [-0.2, -0.15) is 0 Å². The first-order valence-corrected chi connectivity index (χ1v) is 19.6. The predicted octanol–water partition coefficient (Wildman–Crippen LogP) is 7.19. The summed E-state index contributed by atoms with van der Waals surface area (Å²) in [7, 11) is 0. The maximum Gasteiger partial charge on any atom is 0.302 e. The Morgan fingerprint density at radius 3 is 1.30 bits per heavy atom. The molecule has 12 nitrogen and oxygen atoms in total. The Bertz CT molecular complexity index is 1140. The zero-order chi connectivity index (χ0) is 40.7. The van der Waals surface area contributed by atoms with Gasteiger partial charge in [0.2, 0.25) is 0 Å². The van der Waals surface area contributed by atoms with Crippen LogP contribution in [-0.2, 0) is 52.2 Å². The summed E-state index contributed by atoms with van der Waals surface area (Å²) >= 11 is 0. The largest absolute Gasteiger partial charge is 0.463 e. The predicted molar refractivity (Wildman–Crippen MR) is 212 cm³/mol. The number of carbonyl (C=O) groups is 2. The molecule has 0 heterocycles. The molecule has 2 atom stereocenters. The zero-order valence-corrected chi connectivity index (χ0v) is 35.8. The molecule has 0 saturated carbocycles. The molecule has 1 aromatic carbocycles. The fraction of sp³-hybridized carbons (Fsp3) is 0.810. The molecule has 0 amide bonds. The number of benzene rings is 1. The van der Waals surface area contributed by atoms with Crippen molar-refractivity contribution in [2.45, 2.75) is 143 Å². The number of esters is 2. The molecule has 314 valence electrons. The van der Waals surface area contributed by atoms with E-state index < -0.39 is 0 Å². The second-order valence-corrected chi connectivity index (χ2v) is 16.3. The summed E-state index contributed by atoms with van der Waals surface area (Å²) in [6.45, 7) is 29.6. The Balaban J connectivity index is 2.50. The first-order chi connectivity index (χ1) is 25.2. The normalized spacial score (nSPS) is 13.8. The highest BCUT2D eigenvalue weighted by Crippen LogP contribution is 2.26. The molecule has 0 radical (unpaired) electrons. The standard InChI is InChI=1S/C42H75NO11/c1-34(53-39(5,6)18-22-46-26-27-48-29-31-50-37(4)45)32-41(9,10)51-24-20-43(38-16-14-13-15-17-38)21-25-52-42(11,12)33-35(2)54-40(7,8)19-23-47-28-30-49-36(3)44/h13-17,34-35H,18-33H2,1-12H3. The van der Waals surface area contributed by atoms with E-state index >= 15 is 0 Å². The number of rotatable bonds is 32. The van der Waals surface area contributed by atoms with E-state index in [-0.39, 0.29) is 59.8 Å². The summed E-state index contributed by atoms with van der Waals surface area (Å²) in [5.74, 6) is -0.608. The van der Waals surface area contributed by atoms with E-state index in [4.69, 9.17) is 42.6 Å². The molecule has 1 aromatic rings. The number of hydrogen-bond donors (Lipinski definition) is 0. The lowest BCUT2D eigenvalue weighted by Crippen LogP contribution is -2.39. The Labute approximate surface area is 327 Å². The van der Waals surface area contributed by atoms with Gasteiger partial charge < -0.3 is 47.5 Å². The molecule has 0 aliphatic carbocycles. The number of nitrogens with zero attached hydrogens (tertiary/aromatic N) is 1. The minimum absolute atomic E-state index is 0.00976. The quantitative estimate of drug-likeness (QED) is 0.0545. The van der Waals surface area contributed by atoms with Crippen LogP contribution in [-0.4, -0.2) is 126 Å². The minimum atomic E-state index is -0.380. The van der Waals surface area contributed by atoms with Crippen LogP contribution in [0.25, 0.3) is 0 Å². The first-order valence-electron chi connectivity index (χ1n) is 19.6. The molecule has 2 unspecified atom stereocenters. The molecular formula is C42H75NO11. The lowest BCUT2D eigenvalue weighted by Gasteiger charge is -2.35. The van der Waals surface area contributed by atoms with Crippen molar-refractivity contribution < 1.29 is 52.2 Å². The smallest absolute Gasteiger partial charge is 0.302 e. The summed E-state index contributed by atoms with van der Waals surface area (Å²) in [5, 5.41) is 0. The summed E-state index contributed by atoms with van der Waals surface area (Å²) in [5.41, 5.74) is -0.350. The number of carbonyl (C=O) groups excluding carboxylic acids is 2. The van der Waals surface area contributed by atoms with Gasteiger partial charge >= 0.3 is 11.9 Å². The molecule has 0 spiro atoms. The lowest BCUT2D eigenvalue weighted by atomic mass is 9.99. The average molecular weight is 770 g/mol. The van der Waals surface area contributed by atoms with E-state index in [2.05, 4.69) is 98.4 Å². The van der Waals surface area contributed by atoms with E-state index in [9.17, 15) is 9.59 Å². The summed E-state index contributed by atoms with van der Waals surface area (Å²) in [6.07, 6.45) is 2.94. The fourth-order valence-electron chi connectivity index (χ4n) is 6.21. The van der Waals surface area contributed by atoms with Crippen molar-refractivity contribution in [2.24, 2.45) is 0 Å².